The fourth-order valence-corrected chi connectivity index (χ4v) is 2.76. The van der Waals surface area contributed by atoms with Crippen molar-refractivity contribution in [1.82, 2.24) is 5.32 Å². The van der Waals surface area contributed by atoms with Crippen LogP contribution in [0.15, 0.2) is 21.3 Å². The van der Waals surface area contributed by atoms with Crippen LogP contribution in [0, 0.1) is 26.7 Å². The van der Waals surface area contributed by atoms with E-state index >= 15 is 0 Å². The molecule has 0 saturated carbocycles. The summed E-state index contributed by atoms with van der Waals surface area (Å²) in [5.41, 5.74) is 1.95. The van der Waals surface area contributed by atoms with E-state index in [0.29, 0.717) is 22.5 Å². The summed E-state index contributed by atoms with van der Waals surface area (Å²) in [6.07, 6.45) is -0.944. The number of benzene rings is 1. The summed E-state index contributed by atoms with van der Waals surface area (Å²) in [7, 11) is 0. The minimum absolute atomic E-state index is 0.325. The first kappa shape index (κ1) is 20.5. The van der Waals surface area contributed by atoms with Gasteiger partial charge in [-0.1, -0.05) is 13.8 Å². The van der Waals surface area contributed by atoms with Crippen LogP contribution in [0.3, 0.4) is 0 Å². The van der Waals surface area contributed by atoms with Gasteiger partial charge in [-0.3, -0.25) is 4.79 Å². The third kappa shape index (κ3) is 4.13. The molecule has 7 nitrogen and oxygen atoms in total. The first-order valence-electron chi connectivity index (χ1n) is 8.76. The van der Waals surface area contributed by atoms with Crippen LogP contribution < -0.4 is 20.8 Å². The van der Waals surface area contributed by atoms with Gasteiger partial charge in [0.2, 0.25) is 0 Å². The van der Waals surface area contributed by atoms with Gasteiger partial charge in [0.25, 0.3) is 5.91 Å². The third-order valence-corrected chi connectivity index (χ3v) is 4.71. The highest BCUT2D eigenvalue weighted by Gasteiger charge is 2.23. The van der Waals surface area contributed by atoms with Crippen LogP contribution in [0.2, 0.25) is 0 Å². The van der Waals surface area contributed by atoms with Crippen LogP contribution in [0.25, 0.3) is 11.0 Å². The van der Waals surface area contributed by atoms with Gasteiger partial charge >= 0.3 is 5.63 Å². The van der Waals surface area contributed by atoms with E-state index in [1.807, 2.05) is 6.92 Å². The summed E-state index contributed by atoms with van der Waals surface area (Å²) in [6, 6.07) is 2.36. The van der Waals surface area contributed by atoms with Gasteiger partial charge in [-0.25, -0.2) is 4.79 Å². The van der Waals surface area contributed by atoms with Crippen molar-refractivity contribution in [2.24, 2.45) is 5.92 Å². The number of aryl methyl sites for hydroxylation is 2. The average molecular weight is 374 g/mol. The van der Waals surface area contributed by atoms with E-state index in [-0.39, 0.29) is 5.92 Å². The zero-order valence-electron chi connectivity index (χ0n) is 16.3. The highest BCUT2D eigenvalue weighted by Crippen LogP contribution is 2.29. The second kappa shape index (κ2) is 7.82. The molecular weight excluding hydrogens is 350 g/mol. The van der Waals surface area contributed by atoms with Gasteiger partial charge in [-0.05, 0) is 51.3 Å². The van der Waals surface area contributed by atoms with Crippen molar-refractivity contribution < 1.29 is 23.8 Å². The molecule has 2 atom stereocenters. The number of carboxylic acid groups (broad SMARTS) is 1. The van der Waals surface area contributed by atoms with Gasteiger partial charge in [0.05, 0.1) is 12.0 Å². The molecule has 0 fully saturated rings. The van der Waals surface area contributed by atoms with Gasteiger partial charge in [0, 0.05) is 16.5 Å². The van der Waals surface area contributed by atoms with Crippen molar-refractivity contribution in [2.45, 2.75) is 53.7 Å². The molecule has 1 N–H and O–H groups in total. The number of carbonyl (C=O) groups is 2. The van der Waals surface area contributed by atoms with Crippen LogP contribution in [0.1, 0.15) is 37.5 Å². The maximum absolute atomic E-state index is 12.3. The molecule has 1 heterocycles. The molecule has 2 aromatic rings. The van der Waals surface area contributed by atoms with Crippen molar-refractivity contribution in [3.05, 3.63) is 39.2 Å². The number of amides is 1. The third-order valence-electron chi connectivity index (χ3n) is 4.71. The van der Waals surface area contributed by atoms with Gasteiger partial charge in [-0.15, -0.1) is 0 Å². The number of aliphatic carboxylic acids is 1. The number of carbonyl (C=O) groups excluding carboxylic acids is 2. The lowest BCUT2D eigenvalue weighted by molar-refractivity contribution is -0.309. The van der Waals surface area contributed by atoms with Crippen LogP contribution in [0.5, 0.6) is 5.75 Å². The normalized spacial score (nSPS) is 13.4. The lowest BCUT2D eigenvalue weighted by Crippen LogP contribution is -2.53. The molecule has 0 aliphatic heterocycles. The molecular formula is C20H24NO6-. The van der Waals surface area contributed by atoms with Gasteiger partial charge < -0.3 is 24.4 Å². The maximum Gasteiger partial charge on any atom is 0.339 e. The Morgan fingerprint density at radius 2 is 1.70 bits per heavy atom. The predicted molar refractivity (Wildman–Crippen MR) is 98.6 cm³/mol. The summed E-state index contributed by atoms with van der Waals surface area (Å²) >= 11 is 0. The second-order valence-corrected chi connectivity index (χ2v) is 7.01. The number of fused-ring (bicyclic) bond motifs is 1. The minimum Gasteiger partial charge on any atom is -0.548 e. The molecule has 1 aromatic heterocycles. The van der Waals surface area contributed by atoms with Crippen molar-refractivity contribution in [1.29, 1.82) is 0 Å². The molecule has 7 heteroatoms. The maximum atomic E-state index is 12.3. The smallest absolute Gasteiger partial charge is 0.339 e. The Morgan fingerprint density at radius 1 is 1.07 bits per heavy atom. The summed E-state index contributed by atoms with van der Waals surface area (Å²) in [5.74, 6) is -1.86. The molecule has 0 bridgehead atoms. The van der Waals surface area contributed by atoms with E-state index in [4.69, 9.17) is 9.15 Å². The molecule has 0 aliphatic rings. The van der Waals surface area contributed by atoms with Gasteiger partial charge in [0.15, 0.2) is 6.10 Å². The van der Waals surface area contributed by atoms with Gasteiger partial charge in [-0.2, -0.15) is 0 Å². The average Bonchev–Trinajstić information content (AvgIpc) is 2.59. The fourth-order valence-electron chi connectivity index (χ4n) is 2.76. The summed E-state index contributed by atoms with van der Waals surface area (Å²) in [4.78, 5) is 35.4. The summed E-state index contributed by atoms with van der Waals surface area (Å²) in [5, 5.41) is 14.4. The number of nitrogens with one attached hydrogen (secondary N) is 1. The van der Waals surface area contributed by atoms with Crippen LogP contribution in [-0.4, -0.2) is 24.0 Å². The molecule has 1 aromatic carbocycles. The van der Waals surface area contributed by atoms with E-state index in [0.717, 1.165) is 10.9 Å². The number of hydrogen-bond acceptors (Lipinski definition) is 6. The Balaban J connectivity index is 2.29. The SMILES string of the molecule is Cc1c(C)c2ccc(O[C@H](C)C(=O)N[C@H](C(=O)[O-])C(C)C)c(C)c2oc1=O. The Kier molecular flexibility index (Phi) is 5.93. The van der Waals surface area contributed by atoms with E-state index in [2.05, 4.69) is 5.32 Å². The molecule has 1 amide bonds. The molecule has 27 heavy (non-hydrogen) atoms. The van der Waals surface area contributed by atoms with E-state index in [1.54, 1.807) is 39.8 Å². The van der Waals surface area contributed by atoms with Crippen molar-refractivity contribution in [3.8, 4) is 5.75 Å². The van der Waals surface area contributed by atoms with Crippen molar-refractivity contribution >= 4 is 22.8 Å². The lowest BCUT2D eigenvalue weighted by atomic mass is 10.0. The van der Waals surface area contributed by atoms with Crippen molar-refractivity contribution in [3.63, 3.8) is 0 Å². The number of ether oxygens (including phenoxy) is 1. The molecule has 0 aliphatic carbocycles. The van der Waals surface area contributed by atoms with Gasteiger partial charge in [0.1, 0.15) is 11.3 Å². The predicted octanol–water partition coefficient (Wildman–Crippen LogP) is 1.38. The Morgan fingerprint density at radius 3 is 2.26 bits per heavy atom. The first-order valence-corrected chi connectivity index (χ1v) is 8.76. The fraction of sp³-hybridized carbons (Fsp3) is 0.450. The van der Waals surface area contributed by atoms with Crippen LogP contribution in [-0.2, 0) is 9.59 Å². The summed E-state index contributed by atoms with van der Waals surface area (Å²) < 4.78 is 11.1. The topological polar surface area (TPSA) is 109 Å². The standard InChI is InChI=1S/C20H25NO6/c1-9(2)16(19(23)24)21-18(22)13(6)26-15-8-7-14-10(3)11(4)20(25)27-17(14)12(15)5/h7-9,13,16H,1-6H3,(H,21,22)(H,23,24)/p-1/t13-,16+/m1/s1. The number of carboxylic acids is 1. The van der Waals surface area contributed by atoms with Crippen LogP contribution >= 0.6 is 0 Å². The van der Waals surface area contributed by atoms with Crippen LogP contribution in [0.4, 0.5) is 0 Å². The minimum atomic E-state index is -1.35. The largest absolute Gasteiger partial charge is 0.548 e. The number of rotatable bonds is 6. The quantitative estimate of drug-likeness (QED) is 0.765. The zero-order chi connectivity index (χ0) is 20.5. The Labute approximate surface area is 157 Å². The summed E-state index contributed by atoms with van der Waals surface area (Å²) in [6.45, 7) is 10.1. The highest BCUT2D eigenvalue weighted by atomic mass is 16.5. The first-order chi connectivity index (χ1) is 12.5. The van der Waals surface area contributed by atoms with E-state index in [1.165, 1.54) is 6.92 Å². The number of hydrogen-bond donors (Lipinski definition) is 1. The van der Waals surface area contributed by atoms with E-state index in [9.17, 15) is 19.5 Å². The molecule has 0 spiro atoms. The second-order valence-electron chi connectivity index (χ2n) is 7.01. The Bertz CT molecular complexity index is 944. The lowest BCUT2D eigenvalue weighted by Gasteiger charge is -2.25. The Hall–Kier alpha value is -2.83. The molecule has 0 radical (unpaired) electrons. The highest BCUT2D eigenvalue weighted by molar-refractivity contribution is 5.87. The van der Waals surface area contributed by atoms with E-state index < -0.39 is 29.6 Å². The molecule has 146 valence electrons. The molecule has 0 unspecified atom stereocenters. The van der Waals surface area contributed by atoms with Crippen molar-refractivity contribution in [2.75, 3.05) is 0 Å². The zero-order valence-corrected chi connectivity index (χ0v) is 16.3. The molecule has 2 rings (SSSR count). The monoisotopic (exact) mass is 374 g/mol. The molecule has 0 saturated heterocycles.